The molecule has 24 heavy (non-hydrogen) atoms. The van der Waals surface area contributed by atoms with Crippen LogP contribution in [-0.2, 0) is 0 Å². The lowest BCUT2D eigenvalue weighted by Crippen LogP contribution is -2.14. The van der Waals surface area contributed by atoms with Crippen molar-refractivity contribution in [3.63, 3.8) is 0 Å². The highest BCUT2D eigenvalue weighted by Gasteiger charge is 2.17. The molecule has 2 aromatic carbocycles. The molecule has 3 rings (SSSR count). The second-order valence-corrected chi connectivity index (χ2v) is 5.20. The highest BCUT2D eigenvalue weighted by molar-refractivity contribution is 6.06. The maximum Gasteiger partial charge on any atom is 0.280 e. The van der Waals surface area contributed by atoms with Crippen LogP contribution in [0.2, 0.25) is 0 Å². The van der Waals surface area contributed by atoms with E-state index in [9.17, 15) is 4.79 Å². The summed E-state index contributed by atoms with van der Waals surface area (Å²) < 4.78 is 5.18. The van der Waals surface area contributed by atoms with Gasteiger partial charge in [0.1, 0.15) is 5.75 Å². The number of aryl methyl sites for hydroxylation is 1. The number of ether oxygens (including phenoxy) is 1. The van der Waals surface area contributed by atoms with E-state index in [1.54, 1.807) is 13.2 Å². The summed E-state index contributed by atoms with van der Waals surface area (Å²) in [6, 6.07) is 14.9. The summed E-state index contributed by atoms with van der Waals surface area (Å²) in [7, 11) is 1.59. The molecule has 0 saturated carbocycles. The van der Waals surface area contributed by atoms with Gasteiger partial charge in [0.15, 0.2) is 11.5 Å². The van der Waals surface area contributed by atoms with Crippen molar-refractivity contribution < 1.29 is 9.53 Å². The first kappa shape index (κ1) is 15.5. The second kappa shape index (κ2) is 6.82. The zero-order valence-electron chi connectivity index (χ0n) is 13.3. The summed E-state index contributed by atoms with van der Waals surface area (Å²) >= 11 is 0. The normalized spacial score (nSPS) is 10.2. The molecule has 1 amide bonds. The van der Waals surface area contributed by atoms with Crippen LogP contribution in [-0.4, -0.2) is 28.4 Å². The number of H-pyrrole nitrogens is 1. The minimum absolute atomic E-state index is 0.180. The van der Waals surface area contributed by atoms with Crippen molar-refractivity contribution in [3.8, 4) is 5.75 Å². The van der Waals surface area contributed by atoms with E-state index in [4.69, 9.17) is 4.74 Å². The van der Waals surface area contributed by atoms with Crippen molar-refractivity contribution in [2.45, 2.75) is 6.92 Å². The Morgan fingerprint density at radius 2 is 1.88 bits per heavy atom. The molecular weight excluding hydrogens is 306 g/mol. The maximum atomic E-state index is 12.4. The van der Waals surface area contributed by atoms with Gasteiger partial charge in [0, 0.05) is 17.4 Å². The summed E-state index contributed by atoms with van der Waals surface area (Å²) in [5.41, 5.74) is 2.69. The van der Waals surface area contributed by atoms with Crippen molar-refractivity contribution in [1.82, 2.24) is 15.4 Å². The summed E-state index contributed by atoms with van der Waals surface area (Å²) in [4.78, 5) is 12.4. The lowest BCUT2D eigenvalue weighted by Gasteiger charge is -2.08. The summed E-state index contributed by atoms with van der Waals surface area (Å²) in [5, 5.41) is 16.3. The number of methoxy groups -OCH3 is 1. The number of amides is 1. The van der Waals surface area contributed by atoms with Gasteiger partial charge in [0.25, 0.3) is 5.91 Å². The Kier molecular flexibility index (Phi) is 4.42. The van der Waals surface area contributed by atoms with Gasteiger partial charge in [0.05, 0.1) is 7.11 Å². The van der Waals surface area contributed by atoms with Crippen molar-refractivity contribution in [2.75, 3.05) is 17.7 Å². The van der Waals surface area contributed by atoms with Crippen LogP contribution >= 0.6 is 0 Å². The average Bonchev–Trinajstić information content (AvgIpc) is 3.03. The Labute approximate surface area is 139 Å². The Bertz CT molecular complexity index is 859. The van der Waals surface area contributed by atoms with E-state index in [0.29, 0.717) is 17.3 Å². The molecule has 0 saturated heterocycles. The number of nitrogens with one attached hydrogen (secondary N) is 3. The fraction of sp³-hybridized carbons (Fsp3) is 0.118. The van der Waals surface area contributed by atoms with E-state index < -0.39 is 0 Å². The van der Waals surface area contributed by atoms with Gasteiger partial charge in [-0.25, -0.2) is 0 Å². The molecule has 0 fully saturated rings. The molecule has 0 aliphatic heterocycles. The van der Waals surface area contributed by atoms with Gasteiger partial charge in [-0.05, 0) is 36.8 Å². The maximum absolute atomic E-state index is 12.4. The standard InChI is InChI=1S/C17H17N5O2/c1-11-5-3-6-12(9-11)19-17(23)15-16(21-22-20-15)18-13-7-4-8-14(10-13)24-2/h3-10H,1-2H3,(H,19,23)(H2,18,20,21,22). The molecule has 1 aromatic heterocycles. The summed E-state index contributed by atoms with van der Waals surface area (Å²) in [6.45, 7) is 1.96. The summed E-state index contributed by atoms with van der Waals surface area (Å²) in [5.74, 6) is 0.697. The highest BCUT2D eigenvalue weighted by atomic mass is 16.5. The predicted molar refractivity (Wildman–Crippen MR) is 91.8 cm³/mol. The average molecular weight is 323 g/mol. The number of anilines is 3. The molecule has 1 heterocycles. The Morgan fingerprint density at radius 3 is 2.67 bits per heavy atom. The van der Waals surface area contributed by atoms with E-state index in [1.807, 2.05) is 49.4 Å². The molecule has 0 spiro atoms. The van der Waals surface area contributed by atoms with Crippen LogP contribution in [0.1, 0.15) is 16.1 Å². The Balaban J connectivity index is 1.78. The molecule has 0 unspecified atom stereocenters. The second-order valence-electron chi connectivity index (χ2n) is 5.20. The smallest absolute Gasteiger partial charge is 0.280 e. The predicted octanol–water partition coefficient (Wildman–Crippen LogP) is 3.12. The molecule has 0 aliphatic carbocycles. The number of carbonyl (C=O) groups excluding carboxylic acids is 1. The van der Waals surface area contributed by atoms with Crippen LogP contribution in [0.15, 0.2) is 48.5 Å². The SMILES string of the molecule is COc1cccc(Nc2n[nH]nc2C(=O)Nc2cccc(C)c2)c1. The zero-order chi connectivity index (χ0) is 16.9. The third-order valence-electron chi connectivity index (χ3n) is 3.37. The number of rotatable bonds is 5. The minimum Gasteiger partial charge on any atom is -0.497 e. The fourth-order valence-electron chi connectivity index (χ4n) is 2.23. The number of aromatic nitrogens is 3. The molecule has 3 N–H and O–H groups in total. The number of aromatic amines is 1. The fourth-order valence-corrected chi connectivity index (χ4v) is 2.23. The third-order valence-corrected chi connectivity index (χ3v) is 3.37. The third kappa shape index (κ3) is 3.52. The van der Waals surface area contributed by atoms with E-state index >= 15 is 0 Å². The van der Waals surface area contributed by atoms with Crippen molar-refractivity contribution in [1.29, 1.82) is 0 Å². The molecule has 122 valence electrons. The lowest BCUT2D eigenvalue weighted by molar-refractivity contribution is 0.102. The number of hydrogen-bond donors (Lipinski definition) is 3. The van der Waals surface area contributed by atoms with E-state index in [0.717, 1.165) is 11.3 Å². The zero-order valence-corrected chi connectivity index (χ0v) is 13.3. The quantitative estimate of drug-likeness (QED) is 0.671. The first-order valence-corrected chi connectivity index (χ1v) is 7.35. The van der Waals surface area contributed by atoms with Gasteiger partial charge >= 0.3 is 0 Å². The number of nitrogens with zero attached hydrogens (tertiary/aromatic N) is 2. The number of carbonyl (C=O) groups is 1. The first-order valence-electron chi connectivity index (χ1n) is 7.35. The molecule has 7 heteroatoms. The van der Waals surface area contributed by atoms with Gasteiger partial charge in [-0.3, -0.25) is 4.79 Å². The molecule has 3 aromatic rings. The molecule has 0 atom stereocenters. The van der Waals surface area contributed by atoms with Crippen molar-refractivity contribution in [2.24, 2.45) is 0 Å². The van der Waals surface area contributed by atoms with Gasteiger partial charge in [-0.15, -0.1) is 10.2 Å². The van der Waals surface area contributed by atoms with Gasteiger partial charge in [-0.2, -0.15) is 5.21 Å². The van der Waals surface area contributed by atoms with Crippen LogP contribution in [0.5, 0.6) is 5.75 Å². The Morgan fingerprint density at radius 1 is 1.08 bits per heavy atom. The first-order chi connectivity index (χ1) is 11.7. The lowest BCUT2D eigenvalue weighted by atomic mass is 10.2. The van der Waals surface area contributed by atoms with E-state index in [-0.39, 0.29) is 11.6 Å². The topological polar surface area (TPSA) is 91.9 Å². The molecular formula is C17H17N5O2. The van der Waals surface area contributed by atoms with Gasteiger partial charge in [-0.1, -0.05) is 18.2 Å². The highest BCUT2D eigenvalue weighted by Crippen LogP contribution is 2.22. The van der Waals surface area contributed by atoms with E-state index in [1.165, 1.54) is 0 Å². The van der Waals surface area contributed by atoms with Crippen LogP contribution in [0.3, 0.4) is 0 Å². The molecule has 0 bridgehead atoms. The van der Waals surface area contributed by atoms with Gasteiger partial charge in [0.2, 0.25) is 0 Å². The van der Waals surface area contributed by atoms with E-state index in [2.05, 4.69) is 26.0 Å². The Hall–Kier alpha value is -3.35. The van der Waals surface area contributed by atoms with Crippen LogP contribution in [0, 0.1) is 6.92 Å². The van der Waals surface area contributed by atoms with Gasteiger partial charge < -0.3 is 15.4 Å². The summed E-state index contributed by atoms with van der Waals surface area (Å²) in [6.07, 6.45) is 0. The van der Waals surface area contributed by atoms with Crippen LogP contribution in [0.25, 0.3) is 0 Å². The van der Waals surface area contributed by atoms with Crippen molar-refractivity contribution >= 4 is 23.1 Å². The number of benzene rings is 2. The largest absolute Gasteiger partial charge is 0.497 e. The van der Waals surface area contributed by atoms with Crippen LogP contribution < -0.4 is 15.4 Å². The van der Waals surface area contributed by atoms with Crippen molar-refractivity contribution in [3.05, 3.63) is 59.8 Å². The van der Waals surface area contributed by atoms with Crippen LogP contribution in [0.4, 0.5) is 17.2 Å². The monoisotopic (exact) mass is 323 g/mol. The molecule has 0 radical (unpaired) electrons. The minimum atomic E-state index is -0.347. The molecule has 7 nitrogen and oxygen atoms in total. The number of hydrogen-bond acceptors (Lipinski definition) is 5. The molecule has 0 aliphatic rings.